The van der Waals surface area contributed by atoms with Crippen LogP contribution in [0.3, 0.4) is 0 Å². The molecule has 1 aromatic carbocycles. The van der Waals surface area contributed by atoms with Gasteiger partial charge in [0.15, 0.2) is 0 Å². The molecular formula is C17H22N4O. The molecule has 3 rings (SSSR count). The largest absolute Gasteiger partial charge is 0.337 e. The molecular weight excluding hydrogens is 276 g/mol. The zero-order valence-corrected chi connectivity index (χ0v) is 13.1. The monoisotopic (exact) mass is 298 g/mol. The first kappa shape index (κ1) is 14.8. The summed E-state index contributed by atoms with van der Waals surface area (Å²) in [4.78, 5) is 14.4. The fourth-order valence-electron chi connectivity index (χ4n) is 2.80. The second-order valence-corrected chi connectivity index (χ2v) is 5.91. The van der Waals surface area contributed by atoms with Crippen molar-refractivity contribution in [3.05, 3.63) is 53.3 Å². The summed E-state index contributed by atoms with van der Waals surface area (Å²) in [6.45, 7) is 4.26. The van der Waals surface area contributed by atoms with E-state index in [-0.39, 0.29) is 11.9 Å². The molecule has 1 amide bonds. The van der Waals surface area contributed by atoms with E-state index in [1.807, 2.05) is 22.7 Å². The standard InChI is InChI=1S/C17H22N4O/c1-13-3-5-14(6-4-13)12-21-10-8-16(17(21)22)18-11-15-7-9-19-20(15)2/h3-7,9,16,18H,8,10-12H2,1-2H3/t16-/m0/s1. The van der Waals surface area contributed by atoms with Gasteiger partial charge in [0.05, 0.1) is 11.7 Å². The van der Waals surface area contributed by atoms with Crippen LogP contribution in [0.5, 0.6) is 0 Å². The van der Waals surface area contributed by atoms with Crippen LogP contribution in [0.2, 0.25) is 0 Å². The van der Waals surface area contributed by atoms with Gasteiger partial charge < -0.3 is 10.2 Å². The second kappa shape index (κ2) is 6.32. The summed E-state index contributed by atoms with van der Waals surface area (Å²) in [5.74, 6) is 0.197. The van der Waals surface area contributed by atoms with Crippen LogP contribution in [-0.2, 0) is 24.9 Å². The first-order valence-electron chi connectivity index (χ1n) is 7.68. The molecule has 5 nitrogen and oxygen atoms in total. The van der Waals surface area contributed by atoms with E-state index in [0.29, 0.717) is 13.1 Å². The molecule has 1 atom stereocenters. The van der Waals surface area contributed by atoms with Crippen molar-refractivity contribution in [3.8, 4) is 0 Å². The lowest BCUT2D eigenvalue weighted by molar-refractivity contribution is -0.129. The number of carbonyl (C=O) groups is 1. The normalized spacial score (nSPS) is 18.2. The molecule has 0 spiro atoms. The minimum absolute atomic E-state index is 0.0830. The Morgan fingerprint density at radius 1 is 1.27 bits per heavy atom. The summed E-state index contributed by atoms with van der Waals surface area (Å²) in [6.07, 6.45) is 2.64. The van der Waals surface area contributed by atoms with Crippen molar-refractivity contribution in [1.82, 2.24) is 20.0 Å². The highest BCUT2D eigenvalue weighted by Crippen LogP contribution is 2.16. The molecule has 22 heavy (non-hydrogen) atoms. The van der Waals surface area contributed by atoms with E-state index in [4.69, 9.17) is 0 Å². The van der Waals surface area contributed by atoms with Crippen LogP contribution in [0, 0.1) is 6.92 Å². The van der Waals surface area contributed by atoms with Crippen LogP contribution < -0.4 is 5.32 Å². The maximum absolute atomic E-state index is 12.5. The van der Waals surface area contributed by atoms with E-state index in [9.17, 15) is 4.79 Å². The Hall–Kier alpha value is -2.14. The van der Waals surface area contributed by atoms with Gasteiger partial charge in [-0.2, -0.15) is 5.10 Å². The third-order valence-electron chi connectivity index (χ3n) is 4.24. The van der Waals surface area contributed by atoms with Crippen molar-refractivity contribution in [2.24, 2.45) is 7.05 Å². The maximum atomic E-state index is 12.5. The first-order valence-corrected chi connectivity index (χ1v) is 7.68. The van der Waals surface area contributed by atoms with Gasteiger partial charge in [0.25, 0.3) is 0 Å². The van der Waals surface area contributed by atoms with Crippen LogP contribution in [0.15, 0.2) is 36.5 Å². The Balaban J connectivity index is 1.55. The maximum Gasteiger partial charge on any atom is 0.240 e. The SMILES string of the molecule is Cc1ccc(CN2CC[C@H](NCc3ccnn3C)C2=O)cc1. The predicted octanol–water partition coefficient (Wildman–Crippen LogP) is 1.62. The van der Waals surface area contributed by atoms with Gasteiger partial charge in [-0.15, -0.1) is 0 Å². The van der Waals surface area contributed by atoms with E-state index < -0.39 is 0 Å². The van der Waals surface area contributed by atoms with E-state index in [1.165, 1.54) is 11.1 Å². The number of aromatic nitrogens is 2. The van der Waals surface area contributed by atoms with Gasteiger partial charge in [-0.3, -0.25) is 9.48 Å². The lowest BCUT2D eigenvalue weighted by atomic mass is 10.1. The average molecular weight is 298 g/mol. The number of carbonyl (C=O) groups excluding carboxylic acids is 1. The Bertz CT molecular complexity index is 647. The summed E-state index contributed by atoms with van der Waals surface area (Å²) in [7, 11) is 1.91. The minimum Gasteiger partial charge on any atom is -0.337 e. The predicted molar refractivity (Wildman–Crippen MR) is 85.0 cm³/mol. The fourth-order valence-corrected chi connectivity index (χ4v) is 2.80. The molecule has 1 aliphatic rings. The Labute approximate surface area is 130 Å². The van der Waals surface area contributed by atoms with Gasteiger partial charge in [0, 0.05) is 32.9 Å². The number of nitrogens with one attached hydrogen (secondary N) is 1. The van der Waals surface area contributed by atoms with Gasteiger partial charge in [-0.1, -0.05) is 29.8 Å². The molecule has 5 heteroatoms. The lowest BCUT2D eigenvalue weighted by Crippen LogP contribution is -2.38. The summed E-state index contributed by atoms with van der Waals surface area (Å²) in [5.41, 5.74) is 3.52. The van der Waals surface area contributed by atoms with E-state index in [2.05, 4.69) is 41.6 Å². The van der Waals surface area contributed by atoms with Crippen molar-refractivity contribution in [2.75, 3.05) is 6.54 Å². The van der Waals surface area contributed by atoms with Crippen molar-refractivity contribution in [1.29, 1.82) is 0 Å². The van der Waals surface area contributed by atoms with Gasteiger partial charge in [-0.25, -0.2) is 0 Å². The summed E-state index contributed by atoms with van der Waals surface area (Å²) < 4.78 is 1.83. The number of aryl methyl sites for hydroxylation is 2. The van der Waals surface area contributed by atoms with Crippen LogP contribution >= 0.6 is 0 Å². The zero-order chi connectivity index (χ0) is 15.5. The quantitative estimate of drug-likeness (QED) is 0.912. The molecule has 0 radical (unpaired) electrons. The molecule has 0 unspecified atom stereocenters. The van der Waals surface area contributed by atoms with E-state index >= 15 is 0 Å². The number of hydrogen-bond acceptors (Lipinski definition) is 3. The molecule has 116 valence electrons. The van der Waals surface area contributed by atoms with Crippen molar-refractivity contribution in [2.45, 2.75) is 32.5 Å². The highest BCUT2D eigenvalue weighted by molar-refractivity contribution is 5.83. The average Bonchev–Trinajstić information content (AvgIpc) is 3.07. The number of amides is 1. The van der Waals surface area contributed by atoms with Crippen LogP contribution in [0.1, 0.15) is 23.2 Å². The lowest BCUT2D eigenvalue weighted by Gasteiger charge is -2.17. The van der Waals surface area contributed by atoms with E-state index in [1.54, 1.807) is 6.20 Å². The number of likely N-dealkylation sites (tertiary alicyclic amines) is 1. The molecule has 0 saturated carbocycles. The summed E-state index contributed by atoms with van der Waals surface area (Å²) >= 11 is 0. The van der Waals surface area contributed by atoms with Gasteiger partial charge in [0.1, 0.15) is 0 Å². The van der Waals surface area contributed by atoms with Gasteiger partial charge in [-0.05, 0) is 25.0 Å². The summed E-state index contributed by atoms with van der Waals surface area (Å²) in [6, 6.07) is 10.3. The van der Waals surface area contributed by atoms with E-state index in [0.717, 1.165) is 18.7 Å². The fraction of sp³-hybridized carbons (Fsp3) is 0.412. The van der Waals surface area contributed by atoms with Crippen molar-refractivity contribution < 1.29 is 4.79 Å². The van der Waals surface area contributed by atoms with Crippen LogP contribution in [0.25, 0.3) is 0 Å². The topological polar surface area (TPSA) is 50.2 Å². The van der Waals surface area contributed by atoms with Crippen LogP contribution in [0.4, 0.5) is 0 Å². The molecule has 1 aromatic heterocycles. The third kappa shape index (κ3) is 3.20. The highest BCUT2D eigenvalue weighted by Gasteiger charge is 2.31. The molecule has 1 fully saturated rings. The molecule has 1 saturated heterocycles. The van der Waals surface area contributed by atoms with Gasteiger partial charge >= 0.3 is 0 Å². The number of rotatable bonds is 5. The Morgan fingerprint density at radius 3 is 2.73 bits per heavy atom. The summed E-state index contributed by atoms with van der Waals surface area (Å²) in [5, 5.41) is 7.49. The van der Waals surface area contributed by atoms with Crippen molar-refractivity contribution in [3.63, 3.8) is 0 Å². The second-order valence-electron chi connectivity index (χ2n) is 5.91. The van der Waals surface area contributed by atoms with Gasteiger partial charge in [0.2, 0.25) is 5.91 Å². The molecule has 2 aromatic rings. The highest BCUT2D eigenvalue weighted by atomic mass is 16.2. The Kier molecular flexibility index (Phi) is 4.24. The number of benzene rings is 1. The zero-order valence-electron chi connectivity index (χ0n) is 13.1. The molecule has 2 heterocycles. The Morgan fingerprint density at radius 2 is 2.05 bits per heavy atom. The molecule has 0 aliphatic carbocycles. The third-order valence-corrected chi connectivity index (χ3v) is 4.24. The van der Waals surface area contributed by atoms with Crippen LogP contribution in [-0.4, -0.2) is 33.2 Å². The minimum atomic E-state index is -0.0830. The molecule has 0 bridgehead atoms. The van der Waals surface area contributed by atoms with Crippen molar-refractivity contribution >= 4 is 5.91 Å². The first-order chi connectivity index (χ1) is 10.6. The molecule has 1 aliphatic heterocycles. The number of hydrogen-bond donors (Lipinski definition) is 1. The molecule has 1 N–H and O–H groups in total. The number of nitrogens with zero attached hydrogens (tertiary/aromatic N) is 3. The smallest absolute Gasteiger partial charge is 0.240 e.